The largest absolute Gasteiger partial charge is 0.508 e. The van der Waals surface area contributed by atoms with Crippen LogP contribution in [0, 0.1) is 22.7 Å². The predicted octanol–water partition coefficient (Wildman–Crippen LogP) is 3.01. The van der Waals surface area contributed by atoms with E-state index in [0.29, 0.717) is 11.1 Å². The van der Waals surface area contributed by atoms with E-state index >= 15 is 0 Å². The molecule has 0 amide bonds. The molecule has 4 nitrogen and oxygen atoms in total. The molecule has 2 aromatic carbocycles. The van der Waals surface area contributed by atoms with Gasteiger partial charge in [0.2, 0.25) is 0 Å². The summed E-state index contributed by atoms with van der Waals surface area (Å²) < 4.78 is 0. The Morgan fingerprint density at radius 2 is 0.950 bits per heavy atom. The second-order valence-corrected chi connectivity index (χ2v) is 4.40. The molecular weight excluding hydrogens is 252 g/mol. The molecule has 0 radical (unpaired) electrons. The number of nitriles is 2. The molecule has 2 atom stereocenters. The summed E-state index contributed by atoms with van der Waals surface area (Å²) in [5, 5.41) is 37.3. The molecule has 0 fully saturated rings. The first-order chi connectivity index (χ1) is 9.65. The molecule has 0 spiro atoms. The van der Waals surface area contributed by atoms with E-state index in [-0.39, 0.29) is 11.5 Å². The molecule has 0 unspecified atom stereocenters. The first-order valence-electron chi connectivity index (χ1n) is 6.03. The Kier molecular flexibility index (Phi) is 3.88. The van der Waals surface area contributed by atoms with Gasteiger partial charge in [-0.3, -0.25) is 0 Å². The van der Waals surface area contributed by atoms with Crippen molar-refractivity contribution in [1.29, 1.82) is 10.5 Å². The Hall–Kier alpha value is -2.98. The van der Waals surface area contributed by atoms with E-state index in [1.165, 1.54) is 24.3 Å². The minimum atomic E-state index is -0.634. The minimum absolute atomic E-state index is 0.114. The third-order valence-electron chi connectivity index (χ3n) is 3.12. The van der Waals surface area contributed by atoms with Crippen molar-refractivity contribution in [2.24, 2.45) is 0 Å². The van der Waals surface area contributed by atoms with Gasteiger partial charge in [0.25, 0.3) is 0 Å². The van der Waals surface area contributed by atoms with Crippen LogP contribution in [-0.2, 0) is 0 Å². The molecule has 0 saturated heterocycles. The Morgan fingerprint density at radius 3 is 1.20 bits per heavy atom. The van der Waals surface area contributed by atoms with E-state index < -0.39 is 11.8 Å². The van der Waals surface area contributed by atoms with E-state index in [1.54, 1.807) is 24.3 Å². The number of nitrogens with zero attached hydrogens (tertiary/aromatic N) is 2. The first-order valence-corrected chi connectivity index (χ1v) is 6.03. The monoisotopic (exact) mass is 264 g/mol. The lowest BCUT2D eigenvalue weighted by atomic mass is 9.83. The summed E-state index contributed by atoms with van der Waals surface area (Å²) in [6.07, 6.45) is 0. The summed E-state index contributed by atoms with van der Waals surface area (Å²) in [5.74, 6) is -1.04. The Balaban J connectivity index is 2.38. The van der Waals surface area contributed by atoms with Crippen molar-refractivity contribution in [1.82, 2.24) is 0 Å². The van der Waals surface area contributed by atoms with Gasteiger partial charge in [-0.1, -0.05) is 24.3 Å². The maximum Gasteiger partial charge on any atom is 0.115 e. The average molecular weight is 264 g/mol. The quantitative estimate of drug-likeness (QED) is 0.891. The molecule has 0 aromatic heterocycles. The molecule has 2 aromatic rings. The van der Waals surface area contributed by atoms with Crippen LogP contribution in [0.3, 0.4) is 0 Å². The summed E-state index contributed by atoms with van der Waals surface area (Å²) >= 11 is 0. The van der Waals surface area contributed by atoms with Crippen LogP contribution in [0.25, 0.3) is 0 Å². The van der Waals surface area contributed by atoms with Gasteiger partial charge in [0.1, 0.15) is 11.5 Å². The number of benzene rings is 2. The summed E-state index contributed by atoms with van der Waals surface area (Å²) in [6, 6.07) is 16.8. The Labute approximate surface area is 116 Å². The zero-order valence-electron chi connectivity index (χ0n) is 10.6. The zero-order valence-corrected chi connectivity index (χ0v) is 10.6. The van der Waals surface area contributed by atoms with Crippen LogP contribution in [0.2, 0.25) is 0 Å². The Bertz CT molecular complexity index is 602. The molecule has 0 heterocycles. The second-order valence-electron chi connectivity index (χ2n) is 4.40. The number of phenols is 2. The molecule has 0 bridgehead atoms. The van der Waals surface area contributed by atoms with E-state index in [2.05, 4.69) is 12.1 Å². The van der Waals surface area contributed by atoms with Gasteiger partial charge in [-0.15, -0.1) is 0 Å². The van der Waals surface area contributed by atoms with Crippen molar-refractivity contribution < 1.29 is 10.2 Å². The van der Waals surface area contributed by atoms with Gasteiger partial charge < -0.3 is 10.2 Å². The van der Waals surface area contributed by atoms with E-state index in [0.717, 1.165) is 0 Å². The summed E-state index contributed by atoms with van der Waals surface area (Å²) in [6.45, 7) is 0. The lowest BCUT2D eigenvalue weighted by molar-refractivity contribution is 0.474. The van der Waals surface area contributed by atoms with Gasteiger partial charge in [-0.25, -0.2) is 0 Å². The number of aromatic hydroxyl groups is 2. The highest BCUT2D eigenvalue weighted by Crippen LogP contribution is 2.33. The van der Waals surface area contributed by atoms with Crippen molar-refractivity contribution in [2.75, 3.05) is 0 Å². The lowest BCUT2D eigenvalue weighted by Crippen LogP contribution is -2.08. The molecule has 0 aliphatic rings. The maximum atomic E-state index is 9.35. The summed E-state index contributed by atoms with van der Waals surface area (Å²) in [4.78, 5) is 0. The van der Waals surface area contributed by atoms with Crippen molar-refractivity contribution in [3.8, 4) is 23.6 Å². The van der Waals surface area contributed by atoms with E-state index in [4.69, 9.17) is 0 Å². The minimum Gasteiger partial charge on any atom is -0.508 e. The normalized spacial score (nSPS) is 12.9. The van der Waals surface area contributed by atoms with Gasteiger partial charge in [0, 0.05) is 0 Å². The third kappa shape index (κ3) is 2.71. The molecule has 2 rings (SSSR count). The molecular formula is C16H12N2O2. The number of hydrogen-bond acceptors (Lipinski definition) is 4. The fourth-order valence-electron chi connectivity index (χ4n) is 2.05. The van der Waals surface area contributed by atoms with Gasteiger partial charge in [0.05, 0.1) is 24.0 Å². The Morgan fingerprint density at radius 1 is 0.650 bits per heavy atom. The van der Waals surface area contributed by atoms with Crippen LogP contribution in [0.4, 0.5) is 0 Å². The predicted molar refractivity (Wildman–Crippen MR) is 72.9 cm³/mol. The van der Waals surface area contributed by atoms with Crippen LogP contribution in [0.1, 0.15) is 23.0 Å². The number of rotatable bonds is 3. The summed E-state index contributed by atoms with van der Waals surface area (Å²) in [7, 11) is 0. The van der Waals surface area contributed by atoms with Gasteiger partial charge in [-0.2, -0.15) is 10.5 Å². The smallest absolute Gasteiger partial charge is 0.115 e. The fourth-order valence-corrected chi connectivity index (χ4v) is 2.05. The topological polar surface area (TPSA) is 88.0 Å². The molecule has 0 aliphatic heterocycles. The number of hydrogen-bond donors (Lipinski definition) is 2. The standard InChI is InChI=1S/C16H12N2O2/c17-9-15(11-1-5-13(19)6-2-11)16(10-18)12-3-7-14(20)8-4-12/h1-8,15-16,19-20H/t15-,16-/m0/s1. The first kappa shape index (κ1) is 13.5. The van der Waals surface area contributed by atoms with Crippen LogP contribution in [0.5, 0.6) is 11.5 Å². The molecule has 20 heavy (non-hydrogen) atoms. The maximum absolute atomic E-state index is 9.35. The van der Waals surface area contributed by atoms with Gasteiger partial charge >= 0.3 is 0 Å². The zero-order chi connectivity index (χ0) is 14.5. The fraction of sp³-hybridized carbons (Fsp3) is 0.125. The molecule has 2 N–H and O–H groups in total. The molecule has 98 valence electrons. The lowest BCUT2D eigenvalue weighted by Gasteiger charge is -2.16. The highest BCUT2D eigenvalue weighted by atomic mass is 16.3. The van der Waals surface area contributed by atoms with Crippen LogP contribution in [0.15, 0.2) is 48.5 Å². The summed E-state index contributed by atoms with van der Waals surface area (Å²) in [5.41, 5.74) is 1.34. The molecule has 4 heteroatoms. The van der Waals surface area contributed by atoms with Crippen molar-refractivity contribution in [2.45, 2.75) is 11.8 Å². The SMILES string of the molecule is N#C[C@@H](c1ccc(O)cc1)[C@@H](C#N)c1ccc(O)cc1. The van der Waals surface area contributed by atoms with Crippen LogP contribution in [-0.4, -0.2) is 10.2 Å². The van der Waals surface area contributed by atoms with Crippen LogP contribution < -0.4 is 0 Å². The highest BCUT2D eigenvalue weighted by molar-refractivity contribution is 5.40. The molecule has 0 aliphatic carbocycles. The van der Waals surface area contributed by atoms with Gasteiger partial charge in [-0.05, 0) is 35.4 Å². The highest BCUT2D eigenvalue weighted by Gasteiger charge is 2.24. The number of phenolic OH excluding ortho intramolecular Hbond substituents is 2. The van der Waals surface area contributed by atoms with E-state index in [1.807, 2.05) is 0 Å². The second kappa shape index (κ2) is 5.77. The van der Waals surface area contributed by atoms with Gasteiger partial charge in [0.15, 0.2) is 0 Å². The van der Waals surface area contributed by atoms with E-state index in [9.17, 15) is 20.7 Å². The average Bonchev–Trinajstić information content (AvgIpc) is 2.47. The van der Waals surface area contributed by atoms with Crippen molar-refractivity contribution in [3.05, 3.63) is 59.7 Å². The molecule has 0 saturated carbocycles. The van der Waals surface area contributed by atoms with Crippen LogP contribution >= 0.6 is 0 Å². The third-order valence-corrected chi connectivity index (χ3v) is 3.12. The van der Waals surface area contributed by atoms with Crippen molar-refractivity contribution in [3.63, 3.8) is 0 Å². The van der Waals surface area contributed by atoms with Crippen molar-refractivity contribution >= 4 is 0 Å².